The minimum atomic E-state index is 0.136. The second kappa shape index (κ2) is 5.53. The van der Waals surface area contributed by atoms with Crippen LogP contribution in [0.25, 0.3) is 0 Å². The summed E-state index contributed by atoms with van der Waals surface area (Å²) in [6, 6.07) is 6.25. The highest BCUT2D eigenvalue weighted by Crippen LogP contribution is 2.20. The topological polar surface area (TPSA) is 46.3 Å². The van der Waals surface area contributed by atoms with Crippen molar-refractivity contribution in [1.29, 1.82) is 0 Å². The van der Waals surface area contributed by atoms with Crippen molar-refractivity contribution in [2.75, 3.05) is 13.1 Å². The lowest BCUT2D eigenvalue weighted by Crippen LogP contribution is -2.47. The summed E-state index contributed by atoms with van der Waals surface area (Å²) < 4.78 is 0. The number of rotatable bonds is 2. The number of carbonyl (C=O) groups excluding carboxylic acids is 1. The zero-order valence-corrected chi connectivity index (χ0v) is 11.3. The van der Waals surface area contributed by atoms with Crippen molar-refractivity contribution in [3.63, 3.8) is 0 Å². The van der Waals surface area contributed by atoms with Crippen molar-refractivity contribution in [1.82, 2.24) is 4.90 Å². The van der Waals surface area contributed by atoms with Crippen LogP contribution in [0, 0.1) is 13.8 Å². The van der Waals surface area contributed by atoms with Crippen LogP contribution in [0.3, 0.4) is 0 Å². The molecule has 1 atom stereocenters. The molecule has 1 heterocycles. The van der Waals surface area contributed by atoms with Crippen LogP contribution in [0.15, 0.2) is 18.2 Å². The fourth-order valence-electron chi connectivity index (χ4n) is 2.78. The number of carbonyl (C=O) groups is 1. The number of nitrogens with two attached hydrogens (primary N) is 1. The molecule has 0 radical (unpaired) electrons. The van der Waals surface area contributed by atoms with Gasteiger partial charge in [-0.3, -0.25) is 4.79 Å². The normalized spacial score (nSPS) is 19.9. The Labute approximate surface area is 109 Å². The van der Waals surface area contributed by atoms with Crippen LogP contribution >= 0.6 is 0 Å². The maximum atomic E-state index is 12.5. The van der Waals surface area contributed by atoms with Crippen LogP contribution in [0.5, 0.6) is 0 Å². The van der Waals surface area contributed by atoms with Crippen LogP contribution in [-0.4, -0.2) is 29.9 Å². The molecule has 0 aliphatic carbocycles. The summed E-state index contributed by atoms with van der Waals surface area (Å²) in [5, 5.41) is 0. The molecule has 1 aliphatic heterocycles. The second-order valence-electron chi connectivity index (χ2n) is 5.26. The molecule has 2 N–H and O–H groups in total. The minimum absolute atomic E-state index is 0.136. The van der Waals surface area contributed by atoms with Gasteiger partial charge in [-0.1, -0.05) is 17.2 Å². The minimum Gasteiger partial charge on any atom is -0.334 e. The van der Waals surface area contributed by atoms with Crippen LogP contribution in [0.4, 0.5) is 0 Å². The Kier molecular flexibility index (Phi) is 4.02. The summed E-state index contributed by atoms with van der Waals surface area (Å²) in [7, 11) is 0. The highest BCUT2D eigenvalue weighted by atomic mass is 16.2. The van der Waals surface area contributed by atoms with Crippen LogP contribution in [0.2, 0.25) is 0 Å². The third kappa shape index (κ3) is 2.72. The summed E-state index contributed by atoms with van der Waals surface area (Å²) in [4.78, 5) is 14.5. The number of hydrogen-bond acceptors (Lipinski definition) is 2. The van der Waals surface area contributed by atoms with Gasteiger partial charge in [-0.05, 0) is 45.2 Å². The monoisotopic (exact) mass is 246 g/mol. The van der Waals surface area contributed by atoms with E-state index in [4.69, 9.17) is 5.73 Å². The third-order valence-corrected chi connectivity index (χ3v) is 3.63. The predicted molar refractivity (Wildman–Crippen MR) is 73.6 cm³/mol. The highest BCUT2D eigenvalue weighted by Gasteiger charge is 2.26. The Hall–Kier alpha value is -1.35. The molecule has 0 bridgehead atoms. The van der Waals surface area contributed by atoms with E-state index in [2.05, 4.69) is 6.07 Å². The Morgan fingerprint density at radius 1 is 1.28 bits per heavy atom. The molecule has 1 aromatic carbocycles. The SMILES string of the molecule is Cc1cc(C)cc(C(=O)N2CCCCC2CN)c1. The van der Waals surface area contributed by atoms with Crippen LogP contribution < -0.4 is 5.73 Å². The molecule has 1 amide bonds. The largest absolute Gasteiger partial charge is 0.334 e. The van der Waals surface area contributed by atoms with Crippen LogP contribution in [0.1, 0.15) is 40.7 Å². The zero-order valence-electron chi connectivity index (χ0n) is 11.3. The van der Waals surface area contributed by atoms with Gasteiger partial charge in [-0.2, -0.15) is 0 Å². The molecular formula is C15H22N2O. The molecule has 0 saturated carbocycles. The highest BCUT2D eigenvalue weighted by molar-refractivity contribution is 5.95. The Balaban J connectivity index is 2.23. The molecule has 1 aromatic rings. The fourth-order valence-corrected chi connectivity index (χ4v) is 2.78. The first-order valence-corrected chi connectivity index (χ1v) is 6.71. The molecule has 3 heteroatoms. The van der Waals surface area contributed by atoms with E-state index in [9.17, 15) is 4.79 Å². The quantitative estimate of drug-likeness (QED) is 0.870. The molecule has 98 valence electrons. The van der Waals surface area contributed by atoms with Crippen LogP contribution in [-0.2, 0) is 0 Å². The molecule has 3 nitrogen and oxygen atoms in total. The predicted octanol–water partition coefficient (Wildman–Crippen LogP) is 2.26. The summed E-state index contributed by atoms with van der Waals surface area (Å²) in [5.41, 5.74) is 8.85. The molecule has 1 saturated heterocycles. The van der Waals surface area contributed by atoms with E-state index >= 15 is 0 Å². The standard InChI is InChI=1S/C15H22N2O/c1-11-7-12(2)9-13(8-11)15(18)17-6-4-3-5-14(17)10-16/h7-9,14H,3-6,10,16H2,1-2H3. The van der Waals surface area contributed by atoms with E-state index in [1.165, 1.54) is 6.42 Å². The zero-order chi connectivity index (χ0) is 13.1. The van der Waals surface area contributed by atoms with Crippen molar-refractivity contribution in [2.45, 2.75) is 39.2 Å². The Morgan fingerprint density at radius 3 is 2.56 bits per heavy atom. The van der Waals surface area contributed by atoms with E-state index < -0.39 is 0 Å². The molecule has 18 heavy (non-hydrogen) atoms. The third-order valence-electron chi connectivity index (χ3n) is 3.63. The maximum Gasteiger partial charge on any atom is 0.254 e. The van der Waals surface area contributed by atoms with Gasteiger partial charge in [0.15, 0.2) is 0 Å². The second-order valence-corrected chi connectivity index (χ2v) is 5.26. The molecule has 0 spiro atoms. The number of nitrogens with zero attached hydrogens (tertiary/aromatic N) is 1. The smallest absolute Gasteiger partial charge is 0.254 e. The lowest BCUT2D eigenvalue weighted by atomic mass is 9.99. The van der Waals surface area contributed by atoms with E-state index in [0.717, 1.165) is 36.1 Å². The summed E-state index contributed by atoms with van der Waals surface area (Å²) in [6.45, 7) is 5.46. The Bertz CT molecular complexity index is 422. The number of hydrogen-bond donors (Lipinski definition) is 1. The van der Waals surface area contributed by atoms with Gasteiger partial charge in [0.25, 0.3) is 5.91 Å². The molecule has 2 rings (SSSR count). The molecule has 0 aromatic heterocycles. The number of likely N-dealkylation sites (tertiary alicyclic amines) is 1. The number of benzene rings is 1. The molecular weight excluding hydrogens is 224 g/mol. The van der Waals surface area contributed by atoms with Gasteiger partial charge in [0.2, 0.25) is 0 Å². The van der Waals surface area contributed by atoms with Crippen molar-refractivity contribution in [2.24, 2.45) is 5.73 Å². The average Bonchev–Trinajstić information content (AvgIpc) is 2.36. The van der Waals surface area contributed by atoms with Gasteiger partial charge in [-0.25, -0.2) is 0 Å². The number of aryl methyl sites for hydroxylation is 2. The first-order valence-electron chi connectivity index (χ1n) is 6.71. The number of amides is 1. The maximum absolute atomic E-state index is 12.5. The molecule has 1 fully saturated rings. The van der Waals surface area contributed by atoms with Gasteiger partial charge in [0.05, 0.1) is 0 Å². The summed E-state index contributed by atoms with van der Waals surface area (Å²) in [5.74, 6) is 0.136. The van der Waals surface area contributed by atoms with Gasteiger partial charge < -0.3 is 10.6 Å². The van der Waals surface area contributed by atoms with Crippen molar-refractivity contribution < 1.29 is 4.79 Å². The summed E-state index contributed by atoms with van der Waals surface area (Å²) >= 11 is 0. The lowest BCUT2D eigenvalue weighted by molar-refractivity contribution is 0.0623. The van der Waals surface area contributed by atoms with Crippen molar-refractivity contribution in [3.8, 4) is 0 Å². The van der Waals surface area contributed by atoms with E-state index in [-0.39, 0.29) is 11.9 Å². The number of piperidine rings is 1. The van der Waals surface area contributed by atoms with Crippen molar-refractivity contribution >= 4 is 5.91 Å². The van der Waals surface area contributed by atoms with E-state index in [1.54, 1.807) is 0 Å². The average molecular weight is 246 g/mol. The van der Waals surface area contributed by atoms with Gasteiger partial charge in [-0.15, -0.1) is 0 Å². The van der Waals surface area contributed by atoms with Gasteiger partial charge in [0, 0.05) is 24.7 Å². The van der Waals surface area contributed by atoms with E-state index in [0.29, 0.717) is 6.54 Å². The first-order chi connectivity index (χ1) is 8.61. The van der Waals surface area contributed by atoms with Gasteiger partial charge in [0.1, 0.15) is 0 Å². The van der Waals surface area contributed by atoms with E-state index in [1.807, 2.05) is 30.9 Å². The molecule has 1 aliphatic rings. The fraction of sp³-hybridized carbons (Fsp3) is 0.533. The lowest BCUT2D eigenvalue weighted by Gasteiger charge is -2.35. The Morgan fingerprint density at radius 2 is 1.94 bits per heavy atom. The molecule has 1 unspecified atom stereocenters. The first kappa shape index (κ1) is 13.1. The van der Waals surface area contributed by atoms with Crippen molar-refractivity contribution in [3.05, 3.63) is 34.9 Å². The summed E-state index contributed by atoms with van der Waals surface area (Å²) in [6.07, 6.45) is 3.30. The van der Waals surface area contributed by atoms with Gasteiger partial charge >= 0.3 is 0 Å².